The molecule has 6 heteroatoms. The number of hydrogen-bond acceptors (Lipinski definition) is 3. The Morgan fingerprint density at radius 1 is 1.11 bits per heavy atom. The summed E-state index contributed by atoms with van der Waals surface area (Å²) in [5, 5.41) is 4.23. The molecule has 138 valence electrons. The third-order valence-electron chi connectivity index (χ3n) is 4.82. The molecule has 1 aliphatic rings. The van der Waals surface area contributed by atoms with Crippen molar-refractivity contribution in [3.8, 4) is 0 Å². The lowest BCUT2D eigenvalue weighted by Gasteiger charge is -2.27. The molecule has 3 heterocycles. The van der Waals surface area contributed by atoms with Crippen LogP contribution in [0.4, 0.5) is 5.69 Å². The topological polar surface area (TPSA) is 28.2 Å². The highest BCUT2D eigenvalue weighted by Crippen LogP contribution is 2.44. The van der Waals surface area contributed by atoms with Crippen molar-refractivity contribution in [1.29, 1.82) is 0 Å². The first kappa shape index (κ1) is 18.6. The van der Waals surface area contributed by atoms with Crippen LogP contribution in [0.3, 0.4) is 0 Å². The van der Waals surface area contributed by atoms with Crippen LogP contribution in [0.25, 0.3) is 0 Å². The average Bonchev–Trinajstić information content (AvgIpc) is 3.25. The van der Waals surface area contributed by atoms with E-state index in [1.54, 1.807) is 11.3 Å². The van der Waals surface area contributed by atoms with Gasteiger partial charge in [-0.1, -0.05) is 32.0 Å². The molecule has 0 aliphatic carbocycles. The largest absolute Gasteiger partial charge is 0.351 e. The molecule has 1 fully saturated rings. The predicted molar refractivity (Wildman–Crippen MR) is 120 cm³/mol. The first-order valence-corrected chi connectivity index (χ1v) is 10.9. The lowest BCUT2D eigenvalue weighted by atomic mass is 10.0. The van der Waals surface area contributed by atoms with Crippen LogP contribution in [0.15, 0.2) is 64.6 Å². The molecule has 1 aliphatic heterocycles. The molecule has 0 radical (unpaired) electrons. The van der Waals surface area contributed by atoms with Crippen LogP contribution < -0.4 is 10.2 Å². The monoisotopic (exact) mass is 457 g/mol. The maximum atomic E-state index is 5.75. The number of benzene rings is 1. The summed E-state index contributed by atoms with van der Waals surface area (Å²) in [5.41, 5.74) is 3.43. The number of rotatable bonds is 4. The van der Waals surface area contributed by atoms with Crippen molar-refractivity contribution in [2.75, 3.05) is 4.90 Å². The van der Waals surface area contributed by atoms with Gasteiger partial charge in [0.05, 0.1) is 21.6 Å². The Morgan fingerprint density at radius 2 is 1.89 bits per heavy atom. The Bertz CT molecular complexity index is 938. The predicted octanol–water partition coefficient (Wildman–Crippen LogP) is 6.21. The van der Waals surface area contributed by atoms with Gasteiger partial charge in [-0.25, -0.2) is 0 Å². The zero-order valence-corrected chi connectivity index (χ0v) is 18.3. The van der Waals surface area contributed by atoms with Crippen LogP contribution >= 0.6 is 39.5 Å². The highest BCUT2D eigenvalue weighted by molar-refractivity contribution is 9.11. The van der Waals surface area contributed by atoms with Crippen molar-refractivity contribution in [1.82, 2.24) is 10.3 Å². The molecule has 1 aromatic carbocycles. The van der Waals surface area contributed by atoms with Gasteiger partial charge in [0, 0.05) is 16.8 Å². The second-order valence-corrected chi connectivity index (χ2v) is 9.77. The summed E-state index contributed by atoms with van der Waals surface area (Å²) in [5.74, 6) is 0.507. The molecule has 3 aromatic rings. The number of thiophene rings is 1. The SMILES string of the molecule is CC(C)c1ccc(N2C(=S)N[C@H](c3ccccn3)[C@H]2c2ccc(Br)s2)cc1. The van der Waals surface area contributed by atoms with E-state index in [1.807, 2.05) is 18.3 Å². The van der Waals surface area contributed by atoms with E-state index in [9.17, 15) is 0 Å². The molecule has 0 spiro atoms. The molecule has 1 N–H and O–H groups in total. The zero-order valence-electron chi connectivity index (χ0n) is 15.1. The maximum absolute atomic E-state index is 5.75. The molecule has 0 amide bonds. The molecule has 27 heavy (non-hydrogen) atoms. The molecule has 3 nitrogen and oxygen atoms in total. The number of nitrogens with zero attached hydrogens (tertiary/aromatic N) is 2. The van der Waals surface area contributed by atoms with Crippen molar-refractivity contribution in [3.63, 3.8) is 0 Å². The van der Waals surface area contributed by atoms with Gasteiger partial charge in [0.1, 0.15) is 0 Å². The zero-order chi connectivity index (χ0) is 19.0. The van der Waals surface area contributed by atoms with Gasteiger partial charge < -0.3 is 10.2 Å². The summed E-state index contributed by atoms with van der Waals surface area (Å²) in [6.07, 6.45) is 1.83. The third-order valence-corrected chi connectivity index (χ3v) is 6.83. The van der Waals surface area contributed by atoms with Crippen LogP contribution in [0, 0.1) is 0 Å². The first-order valence-electron chi connectivity index (χ1n) is 8.90. The third kappa shape index (κ3) is 3.66. The Morgan fingerprint density at radius 3 is 2.48 bits per heavy atom. The van der Waals surface area contributed by atoms with Gasteiger partial charge in [-0.2, -0.15) is 0 Å². The molecule has 0 saturated carbocycles. The first-order chi connectivity index (χ1) is 13.0. The maximum Gasteiger partial charge on any atom is 0.174 e. The molecular formula is C21H20BrN3S2. The normalized spacial score (nSPS) is 19.6. The van der Waals surface area contributed by atoms with Crippen molar-refractivity contribution < 1.29 is 0 Å². The highest BCUT2D eigenvalue weighted by Gasteiger charge is 2.41. The summed E-state index contributed by atoms with van der Waals surface area (Å²) in [4.78, 5) is 8.05. The number of aromatic nitrogens is 1. The summed E-state index contributed by atoms with van der Waals surface area (Å²) in [7, 11) is 0. The number of halogens is 1. The van der Waals surface area contributed by atoms with Crippen LogP contribution in [0.1, 0.15) is 48.0 Å². The van der Waals surface area contributed by atoms with Crippen molar-refractivity contribution in [2.24, 2.45) is 0 Å². The average molecular weight is 458 g/mol. The minimum atomic E-state index is 0.00836. The lowest BCUT2D eigenvalue weighted by Crippen LogP contribution is -2.29. The van der Waals surface area contributed by atoms with Gasteiger partial charge in [0.25, 0.3) is 0 Å². The molecule has 0 bridgehead atoms. The fraction of sp³-hybridized carbons (Fsp3) is 0.238. The Hall–Kier alpha value is -1.76. The number of hydrogen-bond donors (Lipinski definition) is 1. The van der Waals surface area contributed by atoms with E-state index in [4.69, 9.17) is 12.2 Å². The number of anilines is 1. The van der Waals surface area contributed by atoms with Crippen molar-refractivity contribution in [3.05, 3.63) is 80.7 Å². The van der Waals surface area contributed by atoms with E-state index in [0.29, 0.717) is 5.92 Å². The van der Waals surface area contributed by atoms with Gasteiger partial charge in [-0.3, -0.25) is 4.98 Å². The molecule has 1 saturated heterocycles. The molecule has 4 rings (SSSR count). The van der Waals surface area contributed by atoms with Crippen LogP contribution in [-0.4, -0.2) is 10.1 Å². The number of nitrogens with one attached hydrogen (secondary N) is 1. The lowest BCUT2D eigenvalue weighted by molar-refractivity contribution is 0.575. The van der Waals surface area contributed by atoms with E-state index in [1.165, 1.54) is 10.4 Å². The van der Waals surface area contributed by atoms with Crippen molar-refractivity contribution >= 4 is 50.3 Å². The van der Waals surface area contributed by atoms with Gasteiger partial charge in [0.2, 0.25) is 0 Å². The Labute approximate surface area is 177 Å². The van der Waals surface area contributed by atoms with E-state index in [0.717, 1.165) is 20.3 Å². The summed E-state index contributed by atoms with van der Waals surface area (Å²) in [6.45, 7) is 4.42. The Balaban J connectivity index is 1.78. The highest BCUT2D eigenvalue weighted by atomic mass is 79.9. The molecule has 2 aromatic heterocycles. The number of pyridine rings is 1. The second kappa shape index (κ2) is 7.70. The fourth-order valence-electron chi connectivity index (χ4n) is 3.43. The fourth-order valence-corrected chi connectivity index (χ4v) is 5.33. The van der Waals surface area contributed by atoms with Gasteiger partial charge >= 0.3 is 0 Å². The van der Waals surface area contributed by atoms with Gasteiger partial charge in [-0.15, -0.1) is 11.3 Å². The Kier molecular flexibility index (Phi) is 5.30. The number of thiocarbonyl (C=S) groups is 1. The molecular weight excluding hydrogens is 438 g/mol. The van der Waals surface area contributed by atoms with Crippen LogP contribution in [0.2, 0.25) is 0 Å². The van der Waals surface area contributed by atoms with Crippen LogP contribution in [-0.2, 0) is 0 Å². The quantitative estimate of drug-likeness (QED) is 0.471. The van der Waals surface area contributed by atoms with Crippen molar-refractivity contribution in [2.45, 2.75) is 31.8 Å². The minimum Gasteiger partial charge on any atom is -0.351 e. The molecule has 0 unspecified atom stereocenters. The molecule has 2 atom stereocenters. The van der Waals surface area contributed by atoms with E-state index < -0.39 is 0 Å². The standard InChI is InChI=1S/C21H20BrN3S2/c1-13(2)14-6-8-15(9-7-14)25-20(17-10-11-18(22)27-17)19(24-21(25)26)16-5-3-4-12-23-16/h3-13,19-20H,1-2H3,(H,24,26)/t19-,20-/m1/s1. The van der Waals surface area contributed by atoms with E-state index in [2.05, 4.69) is 87.4 Å². The second-order valence-electron chi connectivity index (χ2n) is 6.88. The van der Waals surface area contributed by atoms with Gasteiger partial charge in [-0.05, 0) is 76.0 Å². The summed E-state index contributed by atoms with van der Waals surface area (Å²) >= 11 is 11.1. The van der Waals surface area contributed by atoms with E-state index >= 15 is 0 Å². The van der Waals surface area contributed by atoms with Gasteiger partial charge in [0.15, 0.2) is 5.11 Å². The minimum absolute atomic E-state index is 0.00836. The summed E-state index contributed by atoms with van der Waals surface area (Å²) in [6, 6.07) is 19.1. The summed E-state index contributed by atoms with van der Waals surface area (Å²) < 4.78 is 1.12. The smallest absolute Gasteiger partial charge is 0.174 e. The van der Waals surface area contributed by atoms with Crippen LogP contribution in [0.5, 0.6) is 0 Å². The van der Waals surface area contributed by atoms with E-state index in [-0.39, 0.29) is 12.1 Å².